The van der Waals surface area contributed by atoms with Crippen molar-refractivity contribution in [3.8, 4) is 5.75 Å². The average Bonchev–Trinajstić information content (AvgIpc) is 2.31. The van der Waals surface area contributed by atoms with Crippen LogP contribution in [0.3, 0.4) is 0 Å². The first kappa shape index (κ1) is 10.1. The number of aryl methyl sites for hydroxylation is 1. The van der Waals surface area contributed by atoms with Gasteiger partial charge < -0.3 is 5.11 Å². The summed E-state index contributed by atoms with van der Waals surface area (Å²) in [7, 11) is 0. The van der Waals surface area contributed by atoms with E-state index in [-0.39, 0.29) is 0 Å². The third kappa shape index (κ3) is 2.76. The van der Waals surface area contributed by atoms with Crippen LogP contribution in [0.5, 0.6) is 5.75 Å². The molecule has 0 radical (unpaired) electrons. The van der Waals surface area contributed by atoms with Gasteiger partial charge in [-0.2, -0.15) is 5.10 Å². The van der Waals surface area contributed by atoms with Gasteiger partial charge >= 0.3 is 0 Å². The fourth-order valence-corrected chi connectivity index (χ4v) is 1.33. The van der Waals surface area contributed by atoms with Crippen LogP contribution < -0.4 is 0 Å². The Morgan fingerprint density at radius 1 is 1.54 bits per heavy atom. The van der Waals surface area contributed by atoms with Gasteiger partial charge in [0.2, 0.25) is 0 Å². The Morgan fingerprint density at radius 2 is 2.23 bits per heavy atom. The Balaban J connectivity index is 2.70. The molecule has 0 saturated heterocycles. The van der Waals surface area contributed by atoms with Crippen molar-refractivity contribution in [2.24, 2.45) is 5.92 Å². The van der Waals surface area contributed by atoms with Crippen LogP contribution in [0.1, 0.15) is 32.9 Å². The van der Waals surface area contributed by atoms with Crippen molar-refractivity contribution in [3.63, 3.8) is 0 Å². The van der Waals surface area contributed by atoms with Gasteiger partial charge in [-0.05, 0) is 12.3 Å². The molecule has 1 aromatic heterocycles. The lowest BCUT2D eigenvalue weighted by atomic mass is 10.2. The number of rotatable bonds is 4. The van der Waals surface area contributed by atoms with Gasteiger partial charge in [0.25, 0.3) is 0 Å². The maximum atomic E-state index is 9.49. The smallest absolute Gasteiger partial charge is 0.156 e. The van der Waals surface area contributed by atoms with Crippen molar-refractivity contribution in [2.45, 2.75) is 40.2 Å². The monoisotopic (exact) mass is 182 g/mol. The van der Waals surface area contributed by atoms with Crippen LogP contribution in [0, 0.1) is 5.92 Å². The van der Waals surface area contributed by atoms with Crippen molar-refractivity contribution in [2.75, 3.05) is 0 Å². The van der Waals surface area contributed by atoms with E-state index < -0.39 is 0 Å². The molecule has 0 amide bonds. The molecule has 1 heterocycles. The summed E-state index contributed by atoms with van der Waals surface area (Å²) in [5, 5.41) is 13.8. The summed E-state index contributed by atoms with van der Waals surface area (Å²) >= 11 is 0. The number of hydrogen-bond donors (Lipinski definition) is 1. The van der Waals surface area contributed by atoms with E-state index in [2.05, 4.69) is 25.9 Å². The fourth-order valence-electron chi connectivity index (χ4n) is 1.33. The van der Waals surface area contributed by atoms with Gasteiger partial charge in [0, 0.05) is 6.54 Å². The molecule has 0 aliphatic rings. The molecule has 0 atom stereocenters. The molecule has 1 aromatic rings. The van der Waals surface area contributed by atoms with E-state index in [1.165, 1.54) is 0 Å². The molecule has 0 aromatic carbocycles. The highest BCUT2D eigenvalue weighted by Gasteiger charge is 2.06. The molecular formula is C10H18N2O. The van der Waals surface area contributed by atoms with E-state index in [9.17, 15) is 5.11 Å². The molecule has 0 saturated carbocycles. The minimum absolute atomic E-state index is 0.336. The maximum absolute atomic E-state index is 9.49. The summed E-state index contributed by atoms with van der Waals surface area (Å²) in [6.45, 7) is 7.23. The lowest BCUT2D eigenvalue weighted by Gasteiger charge is -2.03. The number of aromatic nitrogens is 2. The Bertz CT molecular complexity index is 266. The van der Waals surface area contributed by atoms with Crippen molar-refractivity contribution in [1.29, 1.82) is 0 Å². The van der Waals surface area contributed by atoms with Gasteiger partial charge in [-0.25, -0.2) is 0 Å². The molecule has 3 heteroatoms. The first-order chi connectivity index (χ1) is 6.13. The van der Waals surface area contributed by atoms with Crippen molar-refractivity contribution in [3.05, 3.63) is 11.9 Å². The van der Waals surface area contributed by atoms with E-state index in [4.69, 9.17) is 0 Å². The highest BCUT2D eigenvalue weighted by Crippen LogP contribution is 2.16. The zero-order valence-corrected chi connectivity index (χ0v) is 8.62. The van der Waals surface area contributed by atoms with Crippen LogP contribution in [-0.4, -0.2) is 14.9 Å². The molecule has 0 fully saturated rings. The third-order valence-electron chi connectivity index (χ3n) is 1.86. The standard InChI is InChI=1S/C10H18N2O/c1-4-5-9-10(13)7-12(11-9)6-8(2)3/h7-8,13H,4-6H2,1-3H3. The third-order valence-corrected chi connectivity index (χ3v) is 1.86. The second-order valence-corrected chi connectivity index (χ2v) is 3.83. The zero-order chi connectivity index (χ0) is 9.84. The van der Waals surface area contributed by atoms with E-state index in [0.717, 1.165) is 25.1 Å². The molecule has 0 bridgehead atoms. The summed E-state index contributed by atoms with van der Waals surface area (Å²) < 4.78 is 1.82. The van der Waals surface area contributed by atoms with Gasteiger partial charge in [-0.15, -0.1) is 0 Å². The summed E-state index contributed by atoms with van der Waals surface area (Å²) in [5.41, 5.74) is 0.822. The highest BCUT2D eigenvalue weighted by molar-refractivity contribution is 5.22. The normalized spacial score (nSPS) is 11.1. The van der Waals surface area contributed by atoms with Crippen LogP contribution in [0.25, 0.3) is 0 Å². The molecule has 1 rings (SSSR count). The largest absolute Gasteiger partial charge is 0.504 e. The van der Waals surface area contributed by atoms with Crippen molar-refractivity contribution in [1.82, 2.24) is 9.78 Å². The summed E-state index contributed by atoms with van der Waals surface area (Å²) in [5.74, 6) is 0.899. The number of nitrogens with zero attached hydrogens (tertiary/aromatic N) is 2. The van der Waals surface area contributed by atoms with E-state index >= 15 is 0 Å². The summed E-state index contributed by atoms with van der Waals surface area (Å²) in [4.78, 5) is 0. The summed E-state index contributed by atoms with van der Waals surface area (Å²) in [6, 6.07) is 0. The highest BCUT2D eigenvalue weighted by atomic mass is 16.3. The fraction of sp³-hybridized carbons (Fsp3) is 0.700. The lowest BCUT2D eigenvalue weighted by molar-refractivity contribution is 0.461. The topological polar surface area (TPSA) is 38.0 Å². The summed E-state index contributed by atoms with van der Waals surface area (Å²) in [6.07, 6.45) is 3.59. The van der Waals surface area contributed by atoms with Gasteiger partial charge in [-0.1, -0.05) is 27.2 Å². The Hall–Kier alpha value is -0.990. The van der Waals surface area contributed by atoms with E-state index in [0.29, 0.717) is 11.7 Å². The van der Waals surface area contributed by atoms with Crippen LogP contribution in [0.15, 0.2) is 6.20 Å². The molecule has 74 valence electrons. The van der Waals surface area contributed by atoms with Gasteiger partial charge in [-0.3, -0.25) is 4.68 Å². The molecule has 0 spiro atoms. The predicted octanol–water partition coefficient (Wildman–Crippen LogP) is 2.20. The van der Waals surface area contributed by atoms with Gasteiger partial charge in [0.05, 0.1) is 6.20 Å². The van der Waals surface area contributed by atoms with Crippen molar-refractivity contribution < 1.29 is 5.11 Å². The second kappa shape index (κ2) is 4.30. The second-order valence-electron chi connectivity index (χ2n) is 3.83. The molecule has 3 nitrogen and oxygen atoms in total. The molecule has 13 heavy (non-hydrogen) atoms. The predicted molar refractivity (Wildman–Crippen MR) is 52.7 cm³/mol. The zero-order valence-electron chi connectivity index (χ0n) is 8.62. The SMILES string of the molecule is CCCc1nn(CC(C)C)cc1O. The Kier molecular flexibility index (Phi) is 3.34. The number of hydrogen-bond acceptors (Lipinski definition) is 2. The molecule has 1 N–H and O–H groups in total. The minimum Gasteiger partial charge on any atom is -0.504 e. The average molecular weight is 182 g/mol. The van der Waals surface area contributed by atoms with Gasteiger partial charge in [0.1, 0.15) is 5.69 Å². The van der Waals surface area contributed by atoms with E-state index in [1.807, 2.05) is 4.68 Å². The first-order valence-corrected chi connectivity index (χ1v) is 4.88. The van der Waals surface area contributed by atoms with E-state index in [1.54, 1.807) is 6.20 Å². The number of aromatic hydroxyl groups is 1. The minimum atomic E-state index is 0.336. The van der Waals surface area contributed by atoms with Gasteiger partial charge in [0.15, 0.2) is 5.75 Å². The quantitative estimate of drug-likeness (QED) is 0.775. The van der Waals surface area contributed by atoms with Crippen LogP contribution >= 0.6 is 0 Å². The molecular weight excluding hydrogens is 164 g/mol. The van der Waals surface area contributed by atoms with Crippen LogP contribution in [-0.2, 0) is 13.0 Å². The maximum Gasteiger partial charge on any atom is 0.156 e. The van der Waals surface area contributed by atoms with Crippen LogP contribution in [0.2, 0.25) is 0 Å². The van der Waals surface area contributed by atoms with Crippen molar-refractivity contribution >= 4 is 0 Å². The Morgan fingerprint density at radius 3 is 2.77 bits per heavy atom. The van der Waals surface area contributed by atoms with Crippen LogP contribution in [0.4, 0.5) is 0 Å². The first-order valence-electron chi connectivity index (χ1n) is 4.88. The lowest BCUT2D eigenvalue weighted by Crippen LogP contribution is -2.05. The molecule has 0 aliphatic heterocycles. The Labute approximate surface area is 79.4 Å². The molecule has 0 unspecified atom stereocenters. The molecule has 0 aliphatic carbocycles.